The van der Waals surface area contributed by atoms with Gasteiger partial charge in [0, 0.05) is 0 Å². The number of hydrogen-bond donors (Lipinski definition) is 0. The van der Waals surface area contributed by atoms with Crippen molar-refractivity contribution in [3.63, 3.8) is 0 Å². The number of carbonyl (C=O) groups is 2. The standard InChI is InChI=1S/C24H28N2O3/c1-2-16-29-21-10-8-20(9-11-21)26-23(27)17-22(24(26)28)25-14-12-19(13-15-25)18-6-4-3-5-7-18/h3-11,19,22H,2,12-17H2,1H3/t22-/m0/s1. The maximum atomic E-state index is 13.1. The van der Waals surface area contributed by atoms with Gasteiger partial charge in [0.2, 0.25) is 5.91 Å². The van der Waals surface area contributed by atoms with Gasteiger partial charge >= 0.3 is 0 Å². The lowest BCUT2D eigenvalue weighted by molar-refractivity contribution is -0.123. The van der Waals surface area contributed by atoms with Crippen LogP contribution in [0.1, 0.15) is 44.1 Å². The molecule has 2 aliphatic heterocycles. The van der Waals surface area contributed by atoms with E-state index in [4.69, 9.17) is 4.74 Å². The van der Waals surface area contributed by atoms with Crippen LogP contribution in [0.4, 0.5) is 5.69 Å². The van der Waals surface area contributed by atoms with Gasteiger partial charge in [0.25, 0.3) is 5.91 Å². The Morgan fingerprint density at radius 1 is 0.966 bits per heavy atom. The Balaban J connectivity index is 1.39. The Hall–Kier alpha value is -2.66. The number of piperidine rings is 1. The van der Waals surface area contributed by atoms with E-state index < -0.39 is 0 Å². The average molecular weight is 392 g/mol. The van der Waals surface area contributed by atoms with Crippen LogP contribution in [-0.2, 0) is 9.59 Å². The van der Waals surface area contributed by atoms with E-state index in [1.165, 1.54) is 10.5 Å². The van der Waals surface area contributed by atoms with Gasteiger partial charge < -0.3 is 4.74 Å². The molecule has 2 heterocycles. The highest BCUT2D eigenvalue weighted by molar-refractivity contribution is 6.22. The molecule has 0 spiro atoms. The van der Waals surface area contributed by atoms with E-state index >= 15 is 0 Å². The quantitative estimate of drug-likeness (QED) is 0.698. The second-order valence-corrected chi connectivity index (χ2v) is 7.85. The van der Waals surface area contributed by atoms with Crippen molar-refractivity contribution in [3.05, 3.63) is 60.2 Å². The number of nitrogens with zero attached hydrogens (tertiary/aromatic N) is 2. The molecule has 152 valence electrons. The average Bonchev–Trinajstić information content (AvgIpc) is 3.07. The molecule has 0 bridgehead atoms. The fraction of sp³-hybridized carbons (Fsp3) is 0.417. The summed E-state index contributed by atoms with van der Waals surface area (Å²) in [5.41, 5.74) is 2.00. The molecule has 29 heavy (non-hydrogen) atoms. The Labute approximate surface area is 172 Å². The van der Waals surface area contributed by atoms with Crippen LogP contribution in [0.2, 0.25) is 0 Å². The van der Waals surface area contributed by atoms with Gasteiger partial charge in [-0.25, -0.2) is 4.90 Å². The van der Waals surface area contributed by atoms with Crippen molar-refractivity contribution >= 4 is 17.5 Å². The fourth-order valence-electron chi connectivity index (χ4n) is 4.35. The molecule has 2 aliphatic rings. The highest BCUT2D eigenvalue weighted by atomic mass is 16.5. The zero-order chi connectivity index (χ0) is 20.2. The molecule has 0 N–H and O–H groups in total. The molecule has 2 saturated heterocycles. The van der Waals surface area contributed by atoms with Gasteiger partial charge in [0.05, 0.1) is 24.8 Å². The molecule has 4 rings (SSSR count). The Kier molecular flexibility index (Phi) is 5.95. The summed E-state index contributed by atoms with van der Waals surface area (Å²) < 4.78 is 5.59. The highest BCUT2D eigenvalue weighted by Gasteiger charge is 2.43. The third kappa shape index (κ3) is 4.20. The number of hydrogen-bond acceptors (Lipinski definition) is 4. The monoisotopic (exact) mass is 392 g/mol. The lowest BCUT2D eigenvalue weighted by Gasteiger charge is -2.35. The second kappa shape index (κ2) is 8.78. The predicted molar refractivity (Wildman–Crippen MR) is 113 cm³/mol. The summed E-state index contributed by atoms with van der Waals surface area (Å²) in [4.78, 5) is 29.2. The van der Waals surface area contributed by atoms with Crippen LogP contribution in [0, 0.1) is 0 Å². The van der Waals surface area contributed by atoms with E-state index in [9.17, 15) is 9.59 Å². The molecule has 2 aromatic carbocycles. The summed E-state index contributed by atoms with van der Waals surface area (Å²) in [6, 6.07) is 17.5. The van der Waals surface area contributed by atoms with Gasteiger partial charge in [-0.2, -0.15) is 0 Å². The minimum absolute atomic E-state index is 0.101. The van der Waals surface area contributed by atoms with Crippen LogP contribution in [0.5, 0.6) is 5.75 Å². The first-order valence-electron chi connectivity index (χ1n) is 10.6. The first-order chi connectivity index (χ1) is 14.2. The van der Waals surface area contributed by atoms with Crippen LogP contribution < -0.4 is 9.64 Å². The van der Waals surface area contributed by atoms with E-state index in [1.54, 1.807) is 12.1 Å². The van der Waals surface area contributed by atoms with Crippen molar-refractivity contribution in [2.24, 2.45) is 0 Å². The lowest BCUT2D eigenvalue weighted by Crippen LogP contribution is -2.45. The summed E-state index contributed by atoms with van der Waals surface area (Å²) in [5, 5.41) is 0. The number of ether oxygens (including phenoxy) is 1. The van der Waals surface area contributed by atoms with Crippen molar-refractivity contribution in [2.45, 2.75) is 44.6 Å². The molecule has 0 saturated carbocycles. The normalized spacial score (nSPS) is 21.0. The summed E-state index contributed by atoms with van der Waals surface area (Å²) in [5.74, 6) is 1.07. The van der Waals surface area contributed by atoms with E-state index in [0.717, 1.165) is 38.1 Å². The van der Waals surface area contributed by atoms with Crippen LogP contribution in [0.3, 0.4) is 0 Å². The van der Waals surface area contributed by atoms with Gasteiger partial charge in [0.15, 0.2) is 0 Å². The van der Waals surface area contributed by atoms with Crippen LogP contribution >= 0.6 is 0 Å². The SMILES string of the molecule is CCCOc1ccc(N2C(=O)C[C@H](N3CCC(c4ccccc4)CC3)C2=O)cc1. The molecule has 0 aromatic heterocycles. The number of rotatable bonds is 6. The third-order valence-corrected chi connectivity index (χ3v) is 5.93. The topological polar surface area (TPSA) is 49.9 Å². The summed E-state index contributed by atoms with van der Waals surface area (Å²) >= 11 is 0. The first kappa shape index (κ1) is 19.6. The lowest BCUT2D eigenvalue weighted by atomic mass is 9.89. The number of carbonyl (C=O) groups excluding carboxylic acids is 2. The molecule has 1 atom stereocenters. The zero-order valence-electron chi connectivity index (χ0n) is 16.9. The third-order valence-electron chi connectivity index (χ3n) is 5.93. The minimum Gasteiger partial charge on any atom is -0.494 e. The van der Waals surface area contributed by atoms with E-state index in [1.807, 2.05) is 18.2 Å². The van der Waals surface area contributed by atoms with Crippen molar-refractivity contribution in [1.82, 2.24) is 4.90 Å². The van der Waals surface area contributed by atoms with Crippen LogP contribution in [0.15, 0.2) is 54.6 Å². The van der Waals surface area contributed by atoms with Gasteiger partial charge in [-0.3, -0.25) is 14.5 Å². The van der Waals surface area contributed by atoms with Gasteiger partial charge in [-0.15, -0.1) is 0 Å². The van der Waals surface area contributed by atoms with Gasteiger partial charge in [-0.05, 0) is 68.1 Å². The first-order valence-corrected chi connectivity index (χ1v) is 10.6. The summed E-state index contributed by atoms with van der Waals surface area (Å²) in [6.07, 6.45) is 3.24. The van der Waals surface area contributed by atoms with E-state index in [0.29, 0.717) is 18.2 Å². The number of imide groups is 1. The van der Waals surface area contributed by atoms with Crippen LogP contribution in [0.25, 0.3) is 0 Å². The number of benzene rings is 2. The molecule has 2 amide bonds. The van der Waals surface area contributed by atoms with Crippen molar-refractivity contribution in [2.75, 3.05) is 24.6 Å². The van der Waals surface area contributed by atoms with Gasteiger partial charge in [-0.1, -0.05) is 37.3 Å². The van der Waals surface area contributed by atoms with Crippen LogP contribution in [-0.4, -0.2) is 42.5 Å². The van der Waals surface area contributed by atoms with Crippen molar-refractivity contribution in [1.29, 1.82) is 0 Å². The molecule has 0 aliphatic carbocycles. The van der Waals surface area contributed by atoms with E-state index in [2.05, 4.69) is 36.1 Å². The number of amides is 2. The molecule has 0 unspecified atom stereocenters. The second-order valence-electron chi connectivity index (χ2n) is 7.85. The van der Waals surface area contributed by atoms with Gasteiger partial charge in [0.1, 0.15) is 5.75 Å². The summed E-state index contributed by atoms with van der Waals surface area (Å²) in [7, 11) is 0. The Morgan fingerprint density at radius 3 is 2.31 bits per heavy atom. The minimum atomic E-state index is -0.338. The highest BCUT2D eigenvalue weighted by Crippen LogP contribution is 2.32. The largest absolute Gasteiger partial charge is 0.494 e. The number of anilines is 1. The maximum absolute atomic E-state index is 13.1. The molecule has 5 heteroatoms. The Morgan fingerprint density at radius 2 is 1.66 bits per heavy atom. The molecular weight excluding hydrogens is 364 g/mol. The smallest absolute Gasteiger partial charge is 0.251 e. The fourth-order valence-corrected chi connectivity index (χ4v) is 4.35. The molecule has 0 radical (unpaired) electrons. The van der Waals surface area contributed by atoms with E-state index in [-0.39, 0.29) is 24.3 Å². The molecule has 5 nitrogen and oxygen atoms in total. The maximum Gasteiger partial charge on any atom is 0.251 e. The summed E-state index contributed by atoms with van der Waals surface area (Å²) in [6.45, 7) is 4.41. The number of likely N-dealkylation sites (tertiary alicyclic amines) is 1. The predicted octanol–water partition coefficient (Wildman–Crippen LogP) is 3.99. The molecular formula is C24H28N2O3. The van der Waals surface area contributed by atoms with Crippen molar-refractivity contribution < 1.29 is 14.3 Å². The Bertz CT molecular complexity index is 842. The zero-order valence-corrected chi connectivity index (χ0v) is 16.9. The van der Waals surface area contributed by atoms with Crippen molar-refractivity contribution in [3.8, 4) is 5.75 Å². The molecule has 2 fully saturated rings. The molecule has 2 aromatic rings.